The number of nitrogens with one attached hydrogen (secondary N) is 4. The van der Waals surface area contributed by atoms with Gasteiger partial charge < -0.3 is 65.2 Å². The van der Waals surface area contributed by atoms with Gasteiger partial charge in [-0.1, -0.05) is 95.2 Å². The highest BCUT2D eigenvalue weighted by molar-refractivity contribution is 6.00. The molecule has 0 spiro atoms. The zero-order valence-electron chi connectivity index (χ0n) is 61.3. The number of allylic oxidation sites excluding steroid dienone is 1. The Labute approximate surface area is 566 Å². The van der Waals surface area contributed by atoms with Crippen LogP contribution in [0, 0.1) is 35.5 Å². The molecule has 27 heteroatoms. The lowest BCUT2D eigenvalue weighted by Crippen LogP contribution is -2.72. The van der Waals surface area contributed by atoms with Gasteiger partial charge in [0.1, 0.15) is 66.5 Å². The minimum atomic E-state index is -1.39. The molecule has 3 aliphatic heterocycles. The Morgan fingerprint density at radius 1 is 0.526 bits per heavy atom. The standard InChI is InChI=1S/C68H120N12O15/c1-23-49-64(88)73(17)47(15)63(87)78(22)55(48(16)94-33-27-25-29-79-30-34-93-35-31-79)60(84)72-53(42(8)9)67(91)74(18)50(36-39(2)3)59(83)69-45(13)58(82)70-46(14)62(86)75(19)51(37-40(4)5)65(89)76(20)52(38-41(6)7)66(90)77(21)54(43(10)11)68(92)80-56(61(85)71-49)57(95-80)44(12)28-24-26-32-81/h24,26,39-57,81H,23,25,27-38H2,1-22H3,(H,69,83)(H,70,82)(H,71,85)(H,72,84)/b26-24+/t44-,45+,46-,47-,48-,49+,50+,51+,52+,53+,54+,55+,56+,57-/m1/s1. The molecular formula is C68H120N12O15. The Hall–Kier alpha value is -6.29. The third-order valence-electron chi connectivity index (χ3n) is 18.5. The van der Waals surface area contributed by atoms with Crippen molar-refractivity contribution in [2.24, 2.45) is 35.5 Å². The number of nitrogens with zero attached hydrogens (tertiary/aromatic N) is 8. The molecule has 3 saturated heterocycles. The van der Waals surface area contributed by atoms with Crippen molar-refractivity contribution in [3.63, 3.8) is 0 Å². The predicted octanol–water partition coefficient (Wildman–Crippen LogP) is 2.42. The number of ether oxygens (including phenoxy) is 2. The van der Waals surface area contributed by atoms with Crippen molar-refractivity contribution in [1.82, 2.24) is 60.6 Å². The highest BCUT2D eigenvalue weighted by Gasteiger charge is 2.55. The molecule has 0 aromatic rings. The number of carbonyl (C=O) groups is 11. The average Bonchev–Trinajstić information content (AvgIpc) is 0.756. The van der Waals surface area contributed by atoms with Gasteiger partial charge in [0.05, 0.1) is 25.9 Å². The van der Waals surface area contributed by atoms with Gasteiger partial charge >= 0.3 is 0 Å². The first kappa shape index (κ1) is 82.9. The molecule has 5 N–H and O–H groups in total. The highest BCUT2D eigenvalue weighted by atomic mass is 16.7. The minimum Gasteiger partial charge on any atom is -0.392 e. The van der Waals surface area contributed by atoms with Crippen molar-refractivity contribution in [3.8, 4) is 0 Å². The maximum atomic E-state index is 15.2. The van der Waals surface area contributed by atoms with E-state index in [4.69, 9.17) is 14.3 Å². The van der Waals surface area contributed by atoms with Gasteiger partial charge in [-0.3, -0.25) is 62.5 Å². The first-order valence-corrected chi connectivity index (χ1v) is 34.4. The second-order valence-corrected chi connectivity index (χ2v) is 28.4. The van der Waals surface area contributed by atoms with E-state index in [1.165, 1.54) is 93.6 Å². The van der Waals surface area contributed by atoms with Crippen LogP contribution in [0.3, 0.4) is 0 Å². The van der Waals surface area contributed by atoms with Gasteiger partial charge in [0.15, 0.2) is 6.04 Å². The third-order valence-corrected chi connectivity index (χ3v) is 18.5. The number of hydrogen-bond acceptors (Lipinski definition) is 16. The van der Waals surface area contributed by atoms with E-state index in [0.29, 0.717) is 26.1 Å². The maximum absolute atomic E-state index is 15.2. The van der Waals surface area contributed by atoms with Crippen LogP contribution < -0.4 is 21.3 Å². The summed E-state index contributed by atoms with van der Waals surface area (Å²) in [5, 5.41) is 21.6. The van der Waals surface area contributed by atoms with Gasteiger partial charge in [0.25, 0.3) is 5.91 Å². The largest absolute Gasteiger partial charge is 0.392 e. The maximum Gasteiger partial charge on any atom is 0.270 e. The van der Waals surface area contributed by atoms with Crippen LogP contribution in [0.1, 0.15) is 156 Å². The fourth-order valence-corrected chi connectivity index (χ4v) is 12.4. The van der Waals surface area contributed by atoms with E-state index in [2.05, 4.69) is 26.2 Å². The Bertz CT molecular complexity index is 2620. The molecule has 3 rings (SSSR count). The molecule has 0 aromatic heterocycles. The quantitative estimate of drug-likeness (QED) is 0.0864. The Morgan fingerprint density at radius 2 is 1.04 bits per heavy atom. The number of hydroxylamine groups is 2. The number of aliphatic hydroxyl groups is 1. The normalized spacial score (nSPS) is 28.5. The van der Waals surface area contributed by atoms with Crippen LogP contribution in [0.5, 0.6) is 0 Å². The zero-order valence-corrected chi connectivity index (χ0v) is 61.3. The molecule has 3 fully saturated rings. The summed E-state index contributed by atoms with van der Waals surface area (Å²) < 4.78 is 11.9. The van der Waals surface area contributed by atoms with E-state index in [-0.39, 0.29) is 56.7 Å². The van der Waals surface area contributed by atoms with Crippen molar-refractivity contribution in [2.45, 2.75) is 234 Å². The van der Waals surface area contributed by atoms with E-state index < -0.39 is 161 Å². The molecule has 0 unspecified atom stereocenters. The zero-order chi connectivity index (χ0) is 72.2. The molecule has 3 heterocycles. The molecule has 0 saturated carbocycles. The number of unbranched alkanes of at least 4 members (excludes halogenated alkanes) is 1. The van der Waals surface area contributed by atoms with Crippen LogP contribution in [-0.4, -0.2) is 276 Å². The summed E-state index contributed by atoms with van der Waals surface area (Å²) in [6.07, 6.45) is 3.49. The number of aliphatic hydroxyl groups excluding tert-OH is 1. The van der Waals surface area contributed by atoms with Crippen molar-refractivity contribution in [2.75, 3.05) is 88.3 Å². The molecule has 0 radical (unpaired) electrons. The summed E-state index contributed by atoms with van der Waals surface area (Å²) in [4.78, 5) is 179. The fraction of sp³-hybridized carbons (Fsp3) is 0.809. The van der Waals surface area contributed by atoms with Crippen LogP contribution in [0.4, 0.5) is 0 Å². The summed E-state index contributed by atoms with van der Waals surface area (Å²) in [5.41, 5.74) is 0. The number of carbonyl (C=O) groups excluding carboxylic acids is 11. The molecule has 95 heavy (non-hydrogen) atoms. The number of likely N-dealkylation sites (N-methyl/N-ethyl adjacent to an activating group) is 6. The van der Waals surface area contributed by atoms with Gasteiger partial charge in [-0.15, -0.1) is 0 Å². The van der Waals surface area contributed by atoms with Crippen molar-refractivity contribution in [1.29, 1.82) is 0 Å². The van der Waals surface area contributed by atoms with E-state index in [0.717, 1.165) is 36.0 Å². The van der Waals surface area contributed by atoms with Gasteiger partial charge in [-0.25, -0.2) is 5.06 Å². The topological polar surface area (TPSA) is 310 Å². The van der Waals surface area contributed by atoms with Gasteiger partial charge in [-0.2, -0.15) is 0 Å². The predicted molar refractivity (Wildman–Crippen MR) is 360 cm³/mol. The first-order valence-electron chi connectivity index (χ1n) is 34.4. The molecule has 542 valence electrons. The molecule has 27 nitrogen and oxygen atoms in total. The summed E-state index contributed by atoms with van der Waals surface area (Å²) in [6, 6.07) is -13.8. The number of morpholine rings is 1. The monoisotopic (exact) mass is 1340 g/mol. The van der Waals surface area contributed by atoms with Crippen LogP contribution in [-0.2, 0) is 67.1 Å². The second-order valence-electron chi connectivity index (χ2n) is 28.4. The van der Waals surface area contributed by atoms with Crippen molar-refractivity contribution >= 4 is 65.0 Å². The lowest BCUT2D eigenvalue weighted by molar-refractivity contribution is -0.321. The molecule has 14 atom stereocenters. The summed E-state index contributed by atoms with van der Waals surface area (Å²) in [6.45, 7) is 31.2. The van der Waals surface area contributed by atoms with Gasteiger partial charge in [0.2, 0.25) is 59.1 Å². The van der Waals surface area contributed by atoms with Crippen molar-refractivity contribution < 1.29 is 72.2 Å². The molecule has 0 aromatic carbocycles. The van der Waals surface area contributed by atoms with Crippen molar-refractivity contribution in [3.05, 3.63) is 12.2 Å². The molecular weight excluding hydrogens is 1220 g/mol. The van der Waals surface area contributed by atoms with E-state index in [1.54, 1.807) is 54.5 Å². The van der Waals surface area contributed by atoms with Crippen LogP contribution in [0.15, 0.2) is 12.2 Å². The number of rotatable bonds is 20. The Balaban J connectivity index is 2.29. The number of hydrogen-bond donors (Lipinski definition) is 5. The van der Waals surface area contributed by atoms with E-state index in [9.17, 15) is 38.7 Å². The second kappa shape index (κ2) is 38.6. The van der Waals surface area contributed by atoms with Crippen LogP contribution >= 0.6 is 0 Å². The highest BCUT2D eigenvalue weighted by Crippen LogP contribution is 2.34. The summed E-state index contributed by atoms with van der Waals surface area (Å²) in [7, 11) is 8.58. The fourth-order valence-electron chi connectivity index (χ4n) is 12.4. The number of fused-ring (bicyclic) bond motifs is 1. The van der Waals surface area contributed by atoms with Gasteiger partial charge in [0, 0.05) is 62.0 Å². The summed E-state index contributed by atoms with van der Waals surface area (Å²) >= 11 is 0. The Morgan fingerprint density at radius 3 is 1.57 bits per heavy atom. The van der Waals surface area contributed by atoms with E-state index in [1.807, 2.05) is 41.5 Å². The minimum absolute atomic E-state index is 0.0250. The molecule has 0 aliphatic carbocycles. The average molecular weight is 1350 g/mol. The van der Waals surface area contributed by atoms with Gasteiger partial charge in [-0.05, 0) is 115 Å². The number of amides is 11. The molecule has 11 amide bonds. The lowest BCUT2D eigenvalue weighted by atomic mass is 9.90. The Kier molecular flexibility index (Phi) is 33.7. The SMILES string of the molecule is CC[C@@H]1NC(=O)[C@@H]2[C@@H]([C@H](C)C/C=C/CO)ON2C(=O)[C@H](C(C)C)N(C)C(=O)[C@H](CC(C)C)N(C)C(=O)[C@H](CC(C)C)N(C)C(=O)[C@@H](C)NC(=O)[C@H](C)NC(=O)[C@H](CC(C)C)N(C)C(=O)[C@H](C(C)C)NC(=O)[C@H]([C@@H](C)OCCCCN2CCOCC2)N(C)C(=O)[C@@H](C)N(C)C1=O. The summed E-state index contributed by atoms with van der Waals surface area (Å²) in [5.74, 6) is -9.67. The molecule has 3 aliphatic rings. The van der Waals surface area contributed by atoms with Crippen LogP contribution in [0.2, 0.25) is 0 Å². The van der Waals surface area contributed by atoms with E-state index >= 15 is 19.2 Å². The molecule has 0 bridgehead atoms. The lowest BCUT2D eigenvalue weighted by Gasteiger charge is -2.50. The van der Waals surface area contributed by atoms with Crippen LogP contribution in [0.25, 0.3) is 0 Å². The first-order chi connectivity index (χ1) is 44.4. The third kappa shape index (κ3) is 22.6. The smallest absolute Gasteiger partial charge is 0.270 e.